The van der Waals surface area contributed by atoms with E-state index in [1.165, 1.54) is 36.6 Å². The zero-order chi connectivity index (χ0) is 44.7. The van der Waals surface area contributed by atoms with Gasteiger partial charge in [-0.2, -0.15) is 9.90 Å². The van der Waals surface area contributed by atoms with E-state index < -0.39 is 85.0 Å². The van der Waals surface area contributed by atoms with Gasteiger partial charge in [-0.05, 0) is 87.2 Å². The number of carboxylic acids is 1. The molecule has 5 heterocycles. The zero-order valence-corrected chi connectivity index (χ0v) is 34.2. The van der Waals surface area contributed by atoms with Crippen molar-refractivity contribution in [2.24, 2.45) is 16.8 Å². The molecule has 3 aromatic carbocycles. The Morgan fingerprint density at radius 3 is 2.46 bits per heavy atom. The van der Waals surface area contributed by atoms with Gasteiger partial charge >= 0.3 is 11.9 Å². The van der Waals surface area contributed by atoms with Crippen LogP contribution in [0.2, 0.25) is 0 Å². The summed E-state index contributed by atoms with van der Waals surface area (Å²) < 4.78 is 23.6. The lowest BCUT2D eigenvalue weighted by atomic mass is 9.83. The first-order valence-corrected chi connectivity index (χ1v) is 20.5. The number of carbonyl (C=O) groups excluding carboxylic acids is 1. The molecule has 0 saturated carbocycles. The van der Waals surface area contributed by atoms with Crippen LogP contribution in [-0.2, 0) is 23.9 Å². The molecule has 8 rings (SSSR count). The number of benzene rings is 3. The maximum absolute atomic E-state index is 13.7. The van der Waals surface area contributed by atoms with Gasteiger partial charge in [-0.25, -0.2) is 4.99 Å². The molecule has 4 aliphatic heterocycles. The first-order valence-electron chi connectivity index (χ1n) is 20.5. The summed E-state index contributed by atoms with van der Waals surface area (Å²) in [4.78, 5) is 50.9. The van der Waals surface area contributed by atoms with E-state index in [-0.39, 0.29) is 34.6 Å². The fourth-order valence-corrected chi connectivity index (χ4v) is 8.79. The van der Waals surface area contributed by atoms with Crippen molar-refractivity contribution in [2.45, 2.75) is 69.2 Å². The number of carbonyl (C=O) groups is 2. The van der Waals surface area contributed by atoms with E-state index in [0.29, 0.717) is 41.4 Å². The molecule has 1 aromatic heterocycles. The molecule has 0 radical (unpaired) electrons. The van der Waals surface area contributed by atoms with Gasteiger partial charge in [0.1, 0.15) is 54.4 Å². The molecule has 9 N–H and O–H groups in total. The summed E-state index contributed by atoms with van der Waals surface area (Å²) in [7, 11) is 0. The summed E-state index contributed by atoms with van der Waals surface area (Å²) in [5.74, 6) is -8.95. The van der Waals surface area contributed by atoms with E-state index in [0.717, 1.165) is 22.3 Å². The quantitative estimate of drug-likeness (QED) is 0.0502. The molecule has 4 aliphatic rings. The number of nitrogens with one attached hydrogen (secondary N) is 2. The second kappa shape index (κ2) is 17.8. The first-order chi connectivity index (χ1) is 30.2. The number of nitrogens with zero attached hydrogens (tertiary/aromatic N) is 1. The Kier molecular flexibility index (Phi) is 12.4. The van der Waals surface area contributed by atoms with Crippen LogP contribution in [0.25, 0.3) is 27.8 Å². The first kappa shape index (κ1) is 43.8. The molecule has 63 heavy (non-hydrogen) atoms. The molecule has 2 fully saturated rings. The average Bonchev–Trinajstić information content (AvgIpc) is 3.85. The van der Waals surface area contributed by atoms with Crippen LogP contribution in [0.1, 0.15) is 29.5 Å². The summed E-state index contributed by atoms with van der Waals surface area (Å²) in [5.41, 5.74) is 5.17. The van der Waals surface area contributed by atoms with Crippen LogP contribution >= 0.6 is 0 Å². The van der Waals surface area contributed by atoms with Crippen molar-refractivity contribution in [3.63, 3.8) is 0 Å². The molecule has 0 spiro atoms. The summed E-state index contributed by atoms with van der Waals surface area (Å²) in [6.45, 7) is 2.55. The Labute approximate surface area is 359 Å². The number of ether oxygens (including phenoxy) is 3. The number of hydrogen-bond acceptors (Lipinski definition) is 16. The normalized spacial score (nSPS) is 27.1. The Balaban J connectivity index is 1.14. The maximum Gasteiger partial charge on any atom is 0.324 e. The number of allylic oxidation sites excluding steroid dienone is 1. The third-order valence-electron chi connectivity index (χ3n) is 11.9. The van der Waals surface area contributed by atoms with Crippen molar-refractivity contribution in [1.29, 1.82) is 0 Å². The minimum absolute atomic E-state index is 0.00801. The van der Waals surface area contributed by atoms with Crippen molar-refractivity contribution >= 4 is 34.8 Å². The molecule has 332 valence electrons. The number of hydrogen-bond donors (Lipinski definition) is 9. The molecular weight excluding hydrogens is 823 g/mol. The Bertz CT molecular complexity index is 2530. The standard InChI is InChI=1S/C45H47N3O15/c1-22-14-23(2)16-27(15-22)36-35-25(11-13-47-35)18-48(36)63-40-38(53)39(54)41(45(58,21-50)62-43(57)33(42(55)56)34-26(19-49)4-3-12-46-34)61-44(40)60-29-9-10-30-32(17-29)59-20-31(37(30)52)24-5-7-28(51)8-6-24/h5-11,13-17,20,26,33-34,38-41,44,46,49-51,53-54,58H,3-4,12,18-19,21H2,1-2H3,(H,55,56)/p+1/t26-,33+,34+,38-,39-,40+,41-,44+,45-/m1/s1. The van der Waals surface area contributed by atoms with Gasteiger partial charge in [0.25, 0.3) is 5.79 Å². The summed E-state index contributed by atoms with van der Waals surface area (Å²) in [6, 6.07) is 15.0. The number of phenols is 1. The summed E-state index contributed by atoms with van der Waals surface area (Å²) >= 11 is 0. The zero-order valence-electron chi connectivity index (χ0n) is 34.2. The number of hydroxylamine groups is 2. The second-order valence-corrected chi connectivity index (χ2v) is 16.3. The van der Waals surface area contributed by atoms with Gasteiger partial charge in [-0.1, -0.05) is 29.3 Å². The number of aryl methyl sites for hydroxylation is 2. The highest BCUT2D eigenvalue weighted by Crippen LogP contribution is 2.36. The third kappa shape index (κ3) is 8.52. The molecule has 10 atom stereocenters. The van der Waals surface area contributed by atoms with E-state index in [9.17, 15) is 50.1 Å². The highest BCUT2D eigenvalue weighted by Gasteiger charge is 2.59. The van der Waals surface area contributed by atoms with E-state index in [1.807, 2.05) is 38.1 Å². The van der Waals surface area contributed by atoms with Crippen molar-refractivity contribution in [3.8, 4) is 22.6 Å². The number of aliphatic hydroxyl groups excluding tert-OH is 4. The Morgan fingerprint density at radius 1 is 1.02 bits per heavy atom. The van der Waals surface area contributed by atoms with Gasteiger partial charge in [0, 0.05) is 36.1 Å². The highest BCUT2D eigenvalue weighted by molar-refractivity contribution is 5.95. The third-order valence-corrected chi connectivity index (χ3v) is 11.9. The van der Waals surface area contributed by atoms with Crippen molar-refractivity contribution in [2.75, 3.05) is 26.3 Å². The molecule has 1 unspecified atom stereocenters. The monoisotopic (exact) mass is 870 g/mol. The lowest BCUT2D eigenvalue weighted by molar-refractivity contribution is -1.04. The van der Waals surface area contributed by atoms with Crippen molar-refractivity contribution in [3.05, 3.63) is 111 Å². The number of aromatic hydroxyl groups is 1. The number of carboxylic acid groups (broad SMARTS) is 1. The number of esters is 1. The number of quaternary nitrogens is 1. The van der Waals surface area contributed by atoms with Crippen LogP contribution in [0, 0.1) is 25.7 Å². The van der Waals surface area contributed by atoms with Crippen molar-refractivity contribution in [1.82, 2.24) is 5.32 Å². The van der Waals surface area contributed by atoms with Crippen LogP contribution in [-0.4, -0.2) is 123 Å². The number of fused-ring (bicyclic) bond motifs is 2. The van der Waals surface area contributed by atoms with Crippen LogP contribution in [0.3, 0.4) is 0 Å². The van der Waals surface area contributed by atoms with Gasteiger partial charge < -0.3 is 59.7 Å². The molecule has 0 amide bonds. The minimum atomic E-state index is -3.18. The van der Waals surface area contributed by atoms with Gasteiger partial charge in [0.2, 0.25) is 12.4 Å². The summed E-state index contributed by atoms with van der Waals surface area (Å²) in [6.07, 6.45) is -3.99. The average molecular weight is 871 g/mol. The van der Waals surface area contributed by atoms with Crippen LogP contribution in [0.4, 0.5) is 0 Å². The van der Waals surface area contributed by atoms with Gasteiger partial charge in [-0.15, -0.1) is 0 Å². The van der Waals surface area contributed by atoms with Crippen molar-refractivity contribution < 1.29 is 73.9 Å². The fourth-order valence-electron chi connectivity index (χ4n) is 8.79. The van der Waals surface area contributed by atoms with Gasteiger partial charge in [0.15, 0.2) is 23.1 Å². The second-order valence-electron chi connectivity index (χ2n) is 16.3. The minimum Gasteiger partial charge on any atom is -0.508 e. The van der Waals surface area contributed by atoms with E-state index >= 15 is 0 Å². The Hall–Kier alpha value is -5.80. The number of phenolic OH excluding ortho intramolecular Hbond substituents is 1. The largest absolute Gasteiger partial charge is 0.508 e. The maximum atomic E-state index is 13.7. The van der Waals surface area contributed by atoms with Gasteiger partial charge in [0.05, 0.1) is 10.9 Å². The predicted octanol–water partition coefficient (Wildman–Crippen LogP) is 0.472. The molecule has 18 heteroatoms. The number of aliphatic hydroxyl groups is 5. The van der Waals surface area contributed by atoms with E-state index in [2.05, 4.69) is 10.3 Å². The predicted molar refractivity (Wildman–Crippen MR) is 222 cm³/mol. The number of aliphatic imine (C=N–C) groups is 1. The van der Waals surface area contributed by atoms with Gasteiger partial charge in [-0.3, -0.25) is 14.4 Å². The Morgan fingerprint density at radius 2 is 1.76 bits per heavy atom. The van der Waals surface area contributed by atoms with E-state index in [1.54, 1.807) is 18.3 Å². The molecule has 0 bridgehead atoms. The molecule has 4 aromatic rings. The fraction of sp³-hybridized carbons (Fsp3) is 0.378. The number of aliphatic carboxylic acids is 1. The smallest absolute Gasteiger partial charge is 0.324 e. The topological polar surface area (TPSA) is 272 Å². The molecule has 2 saturated heterocycles. The lowest BCUT2D eigenvalue weighted by Gasteiger charge is -2.46. The highest BCUT2D eigenvalue weighted by atomic mass is 16.8. The SMILES string of the molecule is Cc1cc(C)cc(C2=C3N=CC=C3C[NH+]2O[C@@H]2[C@@H](Oc3ccc4c(=O)c(-c5ccc(O)cc5)coc4c3)O[C@@H]([C@@](O)(CO)OC(=O)[C@H](C(=O)O)[C@H]3NCCC[C@@H]3CO)[C@H](O)[C@H]2O)c1. The molecule has 18 nitrogen and oxygen atoms in total. The summed E-state index contributed by atoms with van der Waals surface area (Å²) in [5, 5.41) is 79.3. The van der Waals surface area contributed by atoms with Crippen LogP contribution in [0.5, 0.6) is 11.5 Å². The van der Waals surface area contributed by atoms with E-state index in [4.69, 9.17) is 23.5 Å². The number of piperidine rings is 1. The number of rotatable bonds is 13. The molecular formula is C45H48N3O15+. The van der Waals surface area contributed by atoms with Crippen LogP contribution < -0.4 is 20.5 Å². The molecule has 0 aliphatic carbocycles. The van der Waals surface area contributed by atoms with Crippen LogP contribution in [0.15, 0.2) is 98.5 Å². The lowest BCUT2D eigenvalue weighted by Crippen LogP contribution is -3.08.